The van der Waals surface area contributed by atoms with Crippen molar-refractivity contribution in [2.24, 2.45) is 17.8 Å². The monoisotopic (exact) mass is 282 g/mol. The van der Waals surface area contributed by atoms with Gasteiger partial charge >= 0.3 is 0 Å². The number of nitrogens with one attached hydrogen (secondary N) is 1. The summed E-state index contributed by atoms with van der Waals surface area (Å²) < 4.78 is 5.47. The second-order valence-electron chi connectivity index (χ2n) is 7.02. The standard InChI is InChI=1S/C17H34N2O/c1-4-14-5-6-17(18-2)16(11-14)13-19(3)12-15-7-9-20-10-8-15/h14-18H,4-13H2,1-3H3. The zero-order valence-electron chi connectivity index (χ0n) is 13.7. The van der Waals surface area contributed by atoms with E-state index in [0.717, 1.165) is 37.0 Å². The van der Waals surface area contributed by atoms with Crippen LogP contribution in [-0.4, -0.2) is 51.3 Å². The number of rotatable bonds is 6. The molecule has 0 aromatic carbocycles. The smallest absolute Gasteiger partial charge is 0.0469 e. The maximum absolute atomic E-state index is 5.47. The first-order valence-corrected chi connectivity index (χ1v) is 8.66. The van der Waals surface area contributed by atoms with E-state index >= 15 is 0 Å². The molecule has 118 valence electrons. The summed E-state index contributed by atoms with van der Waals surface area (Å²) in [5.41, 5.74) is 0. The van der Waals surface area contributed by atoms with Gasteiger partial charge < -0.3 is 15.0 Å². The maximum Gasteiger partial charge on any atom is 0.0469 e. The summed E-state index contributed by atoms with van der Waals surface area (Å²) in [6, 6.07) is 0.731. The Labute approximate surface area is 125 Å². The average Bonchev–Trinajstić information content (AvgIpc) is 2.48. The molecule has 3 atom stereocenters. The molecule has 0 amide bonds. The molecular formula is C17H34N2O. The molecule has 3 heteroatoms. The van der Waals surface area contributed by atoms with Crippen LogP contribution < -0.4 is 5.32 Å². The van der Waals surface area contributed by atoms with Crippen LogP contribution in [0.15, 0.2) is 0 Å². The second kappa shape index (κ2) is 8.35. The van der Waals surface area contributed by atoms with Crippen molar-refractivity contribution < 1.29 is 4.74 Å². The predicted octanol–water partition coefficient (Wildman–Crippen LogP) is 2.76. The number of hydrogen-bond donors (Lipinski definition) is 1. The first kappa shape index (κ1) is 16.3. The van der Waals surface area contributed by atoms with Crippen LogP contribution in [0.25, 0.3) is 0 Å². The third-order valence-corrected chi connectivity index (χ3v) is 5.50. The highest BCUT2D eigenvalue weighted by Crippen LogP contribution is 2.32. The lowest BCUT2D eigenvalue weighted by Gasteiger charge is -2.38. The molecule has 1 aliphatic heterocycles. The molecule has 3 nitrogen and oxygen atoms in total. The quantitative estimate of drug-likeness (QED) is 0.811. The van der Waals surface area contributed by atoms with Gasteiger partial charge in [-0.2, -0.15) is 0 Å². The first-order valence-electron chi connectivity index (χ1n) is 8.66. The summed E-state index contributed by atoms with van der Waals surface area (Å²) >= 11 is 0. The van der Waals surface area contributed by atoms with Gasteiger partial charge in [-0.05, 0) is 64.0 Å². The molecule has 1 saturated heterocycles. The zero-order valence-corrected chi connectivity index (χ0v) is 13.7. The Bertz CT molecular complexity index is 266. The Morgan fingerprint density at radius 2 is 1.80 bits per heavy atom. The van der Waals surface area contributed by atoms with Crippen LogP contribution in [0.2, 0.25) is 0 Å². The Kier molecular flexibility index (Phi) is 6.79. The summed E-state index contributed by atoms with van der Waals surface area (Å²) in [5, 5.41) is 3.56. The van der Waals surface area contributed by atoms with Gasteiger partial charge in [0.25, 0.3) is 0 Å². The molecule has 2 rings (SSSR count). The fourth-order valence-corrected chi connectivity index (χ4v) is 4.16. The number of ether oxygens (including phenoxy) is 1. The second-order valence-corrected chi connectivity index (χ2v) is 7.02. The molecular weight excluding hydrogens is 248 g/mol. The average molecular weight is 282 g/mol. The molecule has 2 aliphatic rings. The maximum atomic E-state index is 5.47. The van der Waals surface area contributed by atoms with Crippen LogP contribution in [0, 0.1) is 17.8 Å². The van der Waals surface area contributed by atoms with E-state index in [2.05, 4.69) is 31.2 Å². The minimum absolute atomic E-state index is 0.731. The lowest BCUT2D eigenvalue weighted by atomic mass is 9.76. The van der Waals surface area contributed by atoms with Crippen molar-refractivity contribution >= 4 is 0 Å². The van der Waals surface area contributed by atoms with E-state index in [4.69, 9.17) is 4.74 Å². The van der Waals surface area contributed by atoms with Crippen LogP contribution >= 0.6 is 0 Å². The highest BCUT2D eigenvalue weighted by atomic mass is 16.5. The van der Waals surface area contributed by atoms with Crippen molar-refractivity contribution in [3.63, 3.8) is 0 Å². The van der Waals surface area contributed by atoms with Gasteiger partial charge in [-0.3, -0.25) is 0 Å². The Balaban J connectivity index is 1.79. The minimum atomic E-state index is 0.731. The summed E-state index contributed by atoms with van der Waals surface area (Å²) in [7, 11) is 4.46. The summed E-state index contributed by atoms with van der Waals surface area (Å²) in [5.74, 6) is 2.65. The van der Waals surface area contributed by atoms with Crippen molar-refractivity contribution in [3.05, 3.63) is 0 Å². The molecule has 0 bridgehead atoms. The molecule has 3 unspecified atom stereocenters. The molecule has 1 saturated carbocycles. The van der Waals surface area contributed by atoms with Gasteiger partial charge in [-0.25, -0.2) is 0 Å². The molecule has 20 heavy (non-hydrogen) atoms. The fraction of sp³-hybridized carbons (Fsp3) is 1.00. The predicted molar refractivity (Wildman–Crippen MR) is 85.0 cm³/mol. The molecule has 1 aliphatic carbocycles. The lowest BCUT2D eigenvalue weighted by molar-refractivity contribution is 0.0509. The van der Waals surface area contributed by atoms with Gasteiger partial charge in [-0.15, -0.1) is 0 Å². The molecule has 0 aromatic rings. The van der Waals surface area contributed by atoms with E-state index in [0.29, 0.717) is 0 Å². The van der Waals surface area contributed by atoms with Crippen LogP contribution in [-0.2, 0) is 4.74 Å². The molecule has 2 fully saturated rings. The Hall–Kier alpha value is -0.120. The van der Waals surface area contributed by atoms with E-state index in [1.165, 1.54) is 51.6 Å². The van der Waals surface area contributed by atoms with Gasteiger partial charge in [-0.1, -0.05) is 13.3 Å². The van der Waals surface area contributed by atoms with Gasteiger partial charge in [0.1, 0.15) is 0 Å². The van der Waals surface area contributed by atoms with Crippen molar-refractivity contribution in [1.82, 2.24) is 10.2 Å². The summed E-state index contributed by atoms with van der Waals surface area (Å²) in [6.07, 6.45) is 8.06. The largest absolute Gasteiger partial charge is 0.381 e. The molecule has 0 aromatic heterocycles. The SMILES string of the molecule is CCC1CCC(NC)C(CN(C)CC2CCOCC2)C1. The van der Waals surface area contributed by atoms with Crippen LogP contribution in [0.3, 0.4) is 0 Å². The number of hydrogen-bond acceptors (Lipinski definition) is 3. The molecule has 1 heterocycles. The van der Waals surface area contributed by atoms with Crippen molar-refractivity contribution in [3.8, 4) is 0 Å². The van der Waals surface area contributed by atoms with Crippen molar-refractivity contribution in [2.75, 3.05) is 40.4 Å². The zero-order chi connectivity index (χ0) is 14.4. The van der Waals surface area contributed by atoms with Gasteiger partial charge in [0.05, 0.1) is 0 Å². The van der Waals surface area contributed by atoms with Gasteiger partial charge in [0.2, 0.25) is 0 Å². The summed E-state index contributed by atoms with van der Waals surface area (Å²) in [6.45, 7) is 6.82. The van der Waals surface area contributed by atoms with Crippen LogP contribution in [0.4, 0.5) is 0 Å². The topological polar surface area (TPSA) is 24.5 Å². The van der Waals surface area contributed by atoms with Crippen molar-refractivity contribution in [1.29, 1.82) is 0 Å². The number of nitrogens with zero attached hydrogens (tertiary/aromatic N) is 1. The molecule has 1 N–H and O–H groups in total. The minimum Gasteiger partial charge on any atom is -0.381 e. The van der Waals surface area contributed by atoms with Crippen LogP contribution in [0.1, 0.15) is 45.4 Å². The van der Waals surface area contributed by atoms with E-state index in [1.54, 1.807) is 0 Å². The first-order chi connectivity index (χ1) is 9.72. The molecule has 0 spiro atoms. The van der Waals surface area contributed by atoms with E-state index in [9.17, 15) is 0 Å². The van der Waals surface area contributed by atoms with Gasteiger partial charge in [0.15, 0.2) is 0 Å². The summed E-state index contributed by atoms with van der Waals surface area (Å²) in [4.78, 5) is 2.59. The Morgan fingerprint density at radius 1 is 1.05 bits per heavy atom. The molecule has 0 radical (unpaired) electrons. The fourth-order valence-electron chi connectivity index (χ4n) is 4.16. The highest BCUT2D eigenvalue weighted by Gasteiger charge is 2.30. The van der Waals surface area contributed by atoms with Crippen molar-refractivity contribution in [2.45, 2.75) is 51.5 Å². The van der Waals surface area contributed by atoms with Crippen LogP contribution in [0.5, 0.6) is 0 Å². The van der Waals surface area contributed by atoms with E-state index in [1.807, 2.05) is 0 Å². The third kappa shape index (κ3) is 4.71. The highest BCUT2D eigenvalue weighted by molar-refractivity contribution is 4.85. The lowest BCUT2D eigenvalue weighted by Crippen LogP contribution is -2.44. The van der Waals surface area contributed by atoms with Gasteiger partial charge in [0, 0.05) is 32.3 Å². The third-order valence-electron chi connectivity index (χ3n) is 5.50. The normalized spacial score (nSPS) is 32.7. The Morgan fingerprint density at radius 3 is 2.45 bits per heavy atom. The van der Waals surface area contributed by atoms with E-state index in [-0.39, 0.29) is 0 Å². The van der Waals surface area contributed by atoms with E-state index < -0.39 is 0 Å².